The molecule has 0 aliphatic carbocycles. The third-order valence-corrected chi connectivity index (χ3v) is 12.2. The van der Waals surface area contributed by atoms with Crippen molar-refractivity contribution in [2.75, 3.05) is 38.5 Å². The summed E-state index contributed by atoms with van der Waals surface area (Å²) in [5, 5.41) is 76.6. The first-order valence-electron chi connectivity index (χ1n) is 19.1. The summed E-state index contributed by atoms with van der Waals surface area (Å²) in [6.07, 6.45) is 0. The first-order valence-corrected chi connectivity index (χ1v) is 23.5. The predicted molar refractivity (Wildman–Crippen MR) is 235 cm³/mol. The minimum Gasteiger partial charge on any atom is -0.505 e. The van der Waals surface area contributed by atoms with Crippen LogP contribution < -0.4 is 24.6 Å². The second kappa shape index (κ2) is 19.9. The highest BCUT2D eigenvalue weighted by Gasteiger charge is 2.31. The first-order chi connectivity index (χ1) is 32.0. The topological polar surface area (TPSA) is 398 Å². The number of azo groups is 3. The fourth-order valence-electron chi connectivity index (χ4n) is 6.39. The lowest BCUT2D eigenvalue weighted by molar-refractivity contribution is 0.0697. The molecule has 6 rings (SSSR count). The summed E-state index contributed by atoms with van der Waals surface area (Å²) in [6, 6.07) is 11.4. The summed E-state index contributed by atoms with van der Waals surface area (Å²) >= 11 is 0. The number of phenols is 1. The minimum absolute atomic E-state index is 0.00287. The maximum Gasteiger partial charge on any atom is 0.338 e. The van der Waals surface area contributed by atoms with Crippen molar-refractivity contribution in [1.82, 2.24) is 5.43 Å². The van der Waals surface area contributed by atoms with Crippen LogP contribution in [0.1, 0.15) is 22.8 Å². The summed E-state index contributed by atoms with van der Waals surface area (Å²) in [4.78, 5) is 9.83. The van der Waals surface area contributed by atoms with E-state index < -0.39 is 93.1 Å². The number of nitrogens with zero attached hydrogens (tertiary/aromatic N) is 7. The Kier molecular flexibility index (Phi) is 14.7. The van der Waals surface area contributed by atoms with Crippen LogP contribution in [0.2, 0.25) is 0 Å². The van der Waals surface area contributed by atoms with Crippen molar-refractivity contribution in [2.24, 2.45) is 30.7 Å². The number of aliphatic hydroxyl groups excluding tert-OH is 3. The Bertz CT molecular complexity index is 3310. The molecule has 1 atom stereocenters. The van der Waals surface area contributed by atoms with Gasteiger partial charge in [0, 0.05) is 23.6 Å². The number of hydrogen-bond acceptors (Lipinski definition) is 22. The van der Waals surface area contributed by atoms with E-state index in [2.05, 4.69) is 36.1 Å². The van der Waals surface area contributed by atoms with Crippen molar-refractivity contribution >= 4 is 81.2 Å². The molecule has 0 radical (unpaired) electrons. The Morgan fingerprint density at radius 2 is 1.26 bits per heavy atom. The Morgan fingerprint density at radius 3 is 1.82 bits per heavy atom. The van der Waals surface area contributed by atoms with Crippen LogP contribution in [0.25, 0.3) is 10.8 Å². The summed E-state index contributed by atoms with van der Waals surface area (Å²) in [5.74, 6) is -3.37. The number of fused-ring (bicyclic) bond motifs is 1. The Labute approximate surface area is 385 Å². The lowest BCUT2D eigenvalue weighted by Gasteiger charge is -2.20. The Balaban J connectivity index is 1.39. The number of aliphatic hydroxyl groups is 3. The molecule has 68 heavy (non-hydrogen) atoms. The summed E-state index contributed by atoms with van der Waals surface area (Å²) < 4.78 is 118. The molecular weight excluding hydrogens is 965 g/mol. The van der Waals surface area contributed by atoms with Gasteiger partial charge in [-0.05, 0) is 73.3 Å². The molecule has 5 aromatic carbocycles. The van der Waals surface area contributed by atoms with Crippen molar-refractivity contribution in [3.63, 3.8) is 0 Å². The normalized spacial score (nSPS) is 14.8. The maximum absolute atomic E-state index is 12.8. The number of aromatic hydroxyl groups is 1. The van der Waals surface area contributed by atoms with Crippen LogP contribution in [-0.4, -0.2) is 110 Å². The molecule has 1 aliphatic heterocycles. The molecule has 1 heterocycles. The van der Waals surface area contributed by atoms with Gasteiger partial charge in [0.25, 0.3) is 30.4 Å². The molecule has 0 aromatic heterocycles. The minimum atomic E-state index is -5.19. The van der Waals surface area contributed by atoms with Gasteiger partial charge in [-0.25, -0.2) is 15.2 Å². The zero-order valence-corrected chi connectivity index (χ0v) is 37.7. The number of anilines is 1. The van der Waals surface area contributed by atoms with E-state index in [1.54, 1.807) is 6.92 Å². The van der Waals surface area contributed by atoms with E-state index in [9.17, 15) is 69.2 Å². The van der Waals surface area contributed by atoms with Crippen molar-refractivity contribution < 1.29 is 83.4 Å². The highest BCUT2D eigenvalue weighted by molar-refractivity contribution is 7.86. The highest BCUT2D eigenvalue weighted by atomic mass is 32.2. The number of aromatic carboxylic acids is 1. The van der Waals surface area contributed by atoms with Gasteiger partial charge in [0.1, 0.15) is 74.4 Å². The van der Waals surface area contributed by atoms with E-state index in [1.165, 1.54) is 43.3 Å². The number of methoxy groups -OCH3 is 1. The summed E-state index contributed by atoms with van der Waals surface area (Å²) in [7, 11) is -13.3. The highest BCUT2D eigenvalue weighted by Crippen LogP contribution is 2.46. The van der Waals surface area contributed by atoms with Crippen LogP contribution in [0.15, 0.2) is 124 Å². The predicted octanol–water partition coefficient (Wildman–Crippen LogP) is 6.10. The molecule has 5 aromatic rings. The zero-order chi connectivity index (χ0) is 49.9. The van der Waals surface area contributed by atoms with Crippen molar-refractivity contribution in [3.05, 3.63) is 89.4 Å². The standard InChI is InChI=1S/C39H38N8O18S3/c1-19-12-27(30(63-3)18-33(19)67(57,58)59)42-44-35-20(2)46-47(38(35)51)22-4-6-24-21(13-22)14-34(68(60,61)62)36(37(24)50)45-43-29-17-31(64-10-8-48)28(16-32(29)65-11-9-49)41-40-26-7-5-23(66(54,55)56)15-25(26)39(52)53/h4-7,12-18,20,46,48-51H,8-11H2,1-3H3,(H,52,53)(H,54,55,56)(H,57,58,59)(H,60,61,62). The molecule has 0 bridgehead atoms. The molecule has 360 valence electrons. The lowest BCUT2D eigenvalue weighted by atomic mass is 10.1. The second-order valence-electron chi connectivity index (χ2n) is 14.1. The Hall–Kier alpha value is -7.22. The van der Waals surface area contributed by atoms with Gasteiger partial charge in [-0.3, -0.25) is 13.7 Å². The van der Waals surface area contributed by atoms with Crippen LogP contribution >= 0.6 is 0 Å². The number of benzene rings is 5. The number of carbonyl (C=O) groups is 1. The smallest absolute Gasteiger partial charge is 0.338 e. The van der Waals surface area contributed by atoms with E-state index in [1.807, 2.05) is 0 Å². The van der Waals surface area contributed by atoms with Crippen LogP contribution in [-0.2, 0) is 30.4 Å². The van der Waals surface area contributed by atoms with E-state index in [0.717, 1.165) is 36.4 Å². The number of hydrogen-bond donors (Lipinski definition) is 9. The lowest BCUT2D eigenvalue weighted by Crippen LogP contribution is -2.36. The van der Waals surface area contributed by atoms with Crippen LogP contribution in [0.4, 0.5) is 34.1 Å². The van der Waals surface area contributed by atoms with E-state index in [-0.39, 0.29) is 80.9 Å². The van der Waals surface area contributed by atoms with Gasteiger partial charge < -0.3 is 39.7 Å². The average molecular weight is 1000 g/mol. The van der Waals surface area contributed by atoms with Gasteiger partial charge in [0.15, 0.2) is 5.75 Å². The van der Waals surface area contributed by atoms with Crippen molar-refractivity contribution in [3.8, 4) is 23.0 Å². The first kappa shape index (κ1) is 50.2. The van der Waals surface area contributed by atoms with Gasteiger partial charge in [0.05, 0.1) is 42.5 Å². The number of phenolic OH excluding ortho intramolecular Hbond substituents is 1. The van der Waals surface area contributed by atoms with Gasteiger partial charge in [-0.15, -0.1) is 30.7 Å². The van der Waals surface area contributed by atoms with Crippen LogP contribution in [0.5, 0.6) is 23.0 Å². The largest absolute Gasteiger partial charge is 0.505 e. The molecule has 9 N–H and O–H groups in total. The van der Waals surface area contributed by atoms with Gasteiger partial charge in [0.2, 0.25) is 5.88 Å². The average Bonchev–Trinajstić information content (AvgIpc) is 3.56. The molecule has 29 heteroatoms. The molecule has 0 saturated heterocycles. The fourth-order valence-corrected chi connectivity index (χ4v) is 8.27. The van der Waals surface area contributed by atoms with Gasteiger partial charge in [-0.2, -0.15) is 25.3 Å². The Morgan fingerprint density at radius 1 is 0.691 bits per heavy atom. The number of aryl methyl sites for hydroxylation is 1. The van der Waals surface area contributed by atoms with Gasteiger partial charge in [-0.1, -0.05) is 0 Å². The number of nitrogens with one attached hydrogen (secondary N) is 1. The third kappa shape index (κ3) is 11.0. The monoisotopic (exact) mass is 1000 g/mol. The molecule has 0 spiro atoms. The SMILES string of the molecule is COc1cc(S(=O)(=O)O)c(C)cc1N=NC1=C(O)N(c2ccc3c(O)c(N=Nc4cc(OCCO)c(N=Nc5ccc(S(=O)(=O)O)cc5C(=O)O)cc4OCCO)c(S(=O)(=O)O)cc3c2)NC1C. The van der Waals surface area contributed by atoms with Crippen molar-refractivity contribution in [1.29, 1.82) is 0 Å². The van der Waals surface area contributed by atoms with E-state index in [4.69, 9.17) is 14.2 Å². The quantitative estimate of drug-likeness (QED) is 0.0353. The second-order valence-corrected chi connectivity index (χ2v) is 18.3. The zero-order valence-electron chi connectivity index (χ0n) is 35.3. The molecular formula is C39H38N8O18S3. The number of hydrazine groups is 1. The molecule has 1 unspecified atom stereocenters. The molecule has 1 aliphatic rings. The van der Waals surface area contributed by atoms with Gasteiger partial charge >= 0.3 is 5.97 Å². The number of rotatable bonds is 18. The maximum atomic E-state index is 12.8. The molecule has 0 saturated carbocycles. The van der Waals surface area contributed by atoms with Crippen molar-refractivity contribution in [2.45, 2.75) is 34.6 Å². The summed E-state index contributed by atoms with van der Waals surface area (Å²) in [6.45, 7) is 1.26. The van der Waals surface area contributed by atoms with E-state index >= 15 is 0 Å². The molecule has 26 nitrogen and oxygen atoms in total. The number of ether oxygens (including phenoxy) is 3. The summed E-state index contributed by atoms with van der Waals surface area (Å²) in [5.41, 5.74) is 1.03. The number of carboxylic acids is 1. The molecule has 0 fully saturated rings. The third-order valence-electron chi connectivity index (χ3n) is 9.52. The fraction of sp³-hybridized carbons (Fsp3) is 0.205. The molecule has 0 amide bonds. The van der Waals surface area contributed by atoms with E-state index in [0.29, 0.717) is 6.07 Å². The van der Waals surface area contributed by atoms with Crippen LogP contribution in [0, 0.1) is 6.92 Å². The number of carboxylic acid groups (broad SMARTS) is 1. The van der Waals surface area contributed by atoms with Crippen LogP contribution in [0.3, 0.4) is 0 Å².